The Hall–Kier alpha value is -2.56. The van der Waals surface area contributed by atoms with Crippen molar-refractivity contribution in [1.29, 1.82) is 0 Å². The fourth-order valence-electron chi connectivity index (χ4n) is 1.84. The van der Waals surface area contributed by atoms with Crippen molar-refractivity contribution in [3.63, 3.8) is 0 Å². The maximum Gasteiger partial charge on any atom is 0.297 e. The molecule has 0 aliphatic carbocycles. The van der Waals surface area contributed by atoms with Gasteiger partial charge in [-0.15, -0.1) is 0 Å². The maximum absolute atomic E-state index is 11.1. The van der Waals surface area contributed by atoms with Crippen LogP contribution in [0.15, 0.2) is 42.5 Å². The number of anilines is 2. The SMILES string of the molecule is Nc1ccc(Cc2ccccc2)c([N+](=O)[O-])c1N. The van der Waals surface area contributed by atoms with Gasteiger partial charge in [-0.05, 0) is 17.7 Å². The van der Waals surface area contributed by atoms with E-state index >= 15 is 0 Å². The van der Waals surface area contributed by atoms with Crippen LogP contribution in [0.5, 0.6) is 0 Å². The summed E-state index contributed by atoms with van der Waals surface area (Å²) < 4.78 is 0. The molecule has 0 spiro atoms. The van der Waals surface area contributed by atoms with E-state index in [0.29, 0.717) is 12.0 Å². The highest BCUT2D eigenvalue weighted by Gasteiger charge is 2.20. The first-order valence-corrected chi connectivity index (χ1v) is 5.44. The van der Waals surface area contributed by atoms with Gasteiger partial charge in [0.05, 0.1) is 10.6 Å². The van der Waals surface area contributed by atoms with Gasteiger partial charge in [-0.25, -0.2) is 0 Å². The van der Waals surface area contributed by atoms with E-state index in [2.05, 4.69) is 0 Å². The molecule has 2 aromatic carbocycles. The van der Waals surface area contributed by atoms with Crippen LogP contribution in [-0.2, 0) is 6.42 Å². The van der Waals surface area contributed by atoms with Crippen molar-refractivity contribution in [3.8, 4) is 0 Å². The Kier molecular flexibility index (Phi) is 3.14. The third-order valence-corrected chi connectivity index (χ3v) is 2.75. The summed E-state index contributed by atoms with van der Waals surface area (Å²) in [4.78, 5) is 10.6. The Balaban J connectivity index is 2.45. The molecule has 0 saturated heterocycles. The average molecular weight is 243 g/mol. The Bertz CT molecular complexity index is 582. The molecule has 0 saturated carbocycles. The molecule has 18 heavy (non-hydrogen) atoms. The van der Waals surface area contributed by atoms with Crippen LogP contribution in [0.1, 0.15) is 11.1 Å². The van der Waals surface area contributed by atoms with Gasteiger partial charge in [0.15, 0.2) is 0 Å². The molecule has 5 heteroatoms. The molecule has 2 rings (SSSR count). The smallest absolute Gasteiger partial charge is 0.297 e. The van der Waals surface area contributed by atoms with E-state index in [1.807, 2.05) is 30.3 Å². The normalized spacial score (nSPS) is 10.2. The number of nitro groups is 1. The molecule has 4 N–H and O–H groups in total. The summed E-state index contributed by atoms with van der Waals surface area (Å²) in [5.41, 5.74) is 13.0. The molecular formula is C13H13N3O2. The largest absolute Gasteiger partial charge is 0.397 e. The zero-order valence-corrected chi connectivity index (χ0v) is 9.67. The Morgan fingerprint density at radius 3 is 2.33 bits per heavy atom. The van der Waals surface area contributed by atoms with Crippen molar-refractivity contribution in [2.75, 3.05) is 11.5 Å². The maximum atomic E-state index is 11.1. The predicted octanol–water partition coefficient (Wildman–Crippen LogP) is 2.35. The van der Waals surface area contributed by atoms with Gasteiger partial charge in [0, 0.05) is 12.0 Å². The number of benzene rings is 2. The van der Waals surface area contributed by atoms with Crippen LogP contribution in [0.4, 0.5) is 17.1 Å². The lowest BCUT2D eigenvalue weighted by atomic mass is 10.0. The molecule has 0 radical (unpaired) electrons. The molecule has 0 heterocycles. The highest BCUT2D eigenvalue weighted by Crippen LogP contribution is 2.32. The van der Waals surface area contributed by atoms with E-state index in [-0.39, 0.29) is 17.1 Å². The van der Waals surface area contributed by atoms with Crippen LogP contribution in [0.3, 0.4) is 0 Å². The third-order valence-electron chi connectivity index (χ3n) is 2.75. The van der Waals surface area contributed by atoms with Crippen molar-refractivity contribution in [3.05, 3.63) is 63.7 Å². The Labute approximate surface area is 104 Å². The summed E-state index contributed by atoms with van der Waals surface area (Å²) >= 11 is 0. The number of rotatable bonds is 3. The van der Waals surface area contributed by atoms with Gasteiger partial charge in [-0.1, -0.05) is 30.3 Å². The lowest BCUT2D eigenvalue weighted by Crippen LogP contribution is -2.04. The number of nitrogens with two attached hydrogens (primary N) is 2. The van der Waals surface area contributed by atoms with Gasteiger partial charge < -0.3 is 11.5 Å². The molecular weight excluding hydrogens is 230 g/mol. The summed E-state index contributed by atoms with van der Waals surface area (Å²) in [5, 5.41) is 11.1. The summed E-state index contributed by atoms with van der Waals surface area (Å²) in [7, 11) is 0. The Morgan fingerprint density at radius 2 is 1.72 bits per heavy atom. The number of nitrogen functional groups attached to an aromatic ring is 2. The highest BCUT2D eigenvalue weighted by atomic mass is 16.6. The van der Waals surface area contributed by atoms with Gasteiger partial charge in [-0.2, -0.15) is 0 Å². The third kappa shape index (κ3) is 2.24. The van der Waals surface area contributed by atoms with Gasteiger partial charge in [-0.3, -0.25) is 10.1 Å². The van der Waals surface area contributed by atoms with Crippen molar-refractivity contribution in [1.82, 2.24) is 0 Å². The van der Waals surface area contributed by atoms with Crippen molar-refractivity contribution in [2.45, 2.75) is 6.42 Å². The van der Waals surface area contributed by atoms with Crippen molar-refractivity contribution < 1.29 is 4.92 Å². The molecule has 0 fully saturated rings. The molecule has 0 atom stereocenters. The minimum Gasteiger partial charge on any atom is -0.397 e. The number of nitro benzene ring substituents is 1. The van der Waals surface area contributed by atoms with E-state index in [9.17, 15) is 10.1 Å². The lowest BCUT2D eigenvalue weighted by Gasteiger charge is -2.07. The minimum atomic E-state index is -0.482. The van der Waals surface area contributed by atoms with Crippen LogP contribution >= 0.6 is 0 Å². The fourth-order valence-corrected chi connectivity index (χ4v) is 1.84. The molecule has 0 bridgehead atoms. The standard InChI is InChI=1S/C13H13N3O2/c14-11-7-6-10(13(12(11)15)16(17)18)8-9-4-2-1-3-5-9/h1-7H,8,14-15H2. The van der Waals surface area contributed by atoms with Crippen LogP contribution in [-0.4, -0.2) is 4.92 Å². The van der Waals surface area contributed by atoms with Crippen molar-refractivity contribution in [2.24, 2.45) is 0 Å². The van der Waals surface area contributed by atoms with Gasteiger partial charge in [0.2, 0.25) is 0 Å². The molecule has 0 amide bonds. The van der Waals surface area contributed by atoms with E-state index in [1.54, 1.807) is 12.1 Å². The number of nitrogens with zero attached hydrogens (tertiary/aromatic N) is 1. The molecule has 0 aliphatic rings. The first kappa shape index (κ1) is 11.9. The second kappa shape index (κ2) is 4.75. The van der Waals surface area contributed by atoms with E-state index in [4.69, 9.17) is 11.5 Å². The molecule has 2 aromatic rings. The fraction of sp³-hybridized carbons (Fsp3) is 0.0769. The van der Waals surface area contributed by atoms with E-state index < -0.39 is 4.92 Å². The zero-order chi connectivity index (χ0) is 13.1. The second-order valence-electron chi connectivity index (χ2n) is 4.00. The molecule has 0 aromatic heterocycles. The highest BCUT2D eigenvalue weighted by molar-refractivity contribution is 5.76. The predicted molar refractivity (Wildman–Crippen MR) is 71.2 cm³/mol. The van der Waals surface area contributed by atoms with Gasteiger partial charge in [0.1, 0.15) is 5.69 Å². The topological polar surface area (TPSA) is 95.2 Å². The van der Waals surface area contributed by atoms with E-state index in [0.717, 1.165) is 5.56 Å². The first-order valence-electron chi connectivity index (χ1n) is 5.44. The van der Waals surface area contributed by atoms with Crippen molar-refractivity contribution >= 4 is 17.1 Å². The quantitative estimate of drug-likeness (QED) is 0.491. The second-order valence-corrected chi connectivity index (χ2v) is 4.00. The minimum absolute atomic E-state index is 0.0356. The van der Waals surface area contributed by atoms with Crippen LogP contribution < -0.4 is 11.5 Å². The lowest BCUT2D eigenvalue weighted by molar-refractivity contribution is -0.384. The first-order chi connectivity index (χ1) is 8.59. The van der Waals surface area contributed by atoms with E-state index in [1.165, 1.54) is 0 Å². The number of hydrogen-bond donors (Lipinski definition) is 2. The summed E-state index contributed by atoms with van der Waals surface area (Å²) in [6.45, 7) is 0. The Morgan fingerprint density at radius 1 is 1.06 bits per heavy atom. The van der Waals surface area contributed by atoms with Gasteiger partial charge in [0.25, 0.3) is 5.69 Å². The zero-order valence-electron chi connectivity index (χ0n) is 9.67. The van der Waals surface area contributed by atoms with Crippen LogP contribution in [0, 0.1) is 10.1 Å². The molecule has 92 valence electrons. The number of hydrogen-bond acceptors (Lipinski definition) is 4. The van der Waals surface area contributed by atoms with Gasteiger partial charge >= 0.3 is 0 Å². The summed E-state index contributed by atoms with van der Waals surface area (Å²) in [6.07, 6.45) is 0.460. The molecule has 5 nitrogen and oxygen atoms in total. The monoisotopic (exact) mass is 243 g/mol. The summed E-state index contributed by atoms with van der Waals surface area (Å²) in [6, 6.07) is 12.8. The summed E-state index contributed by atoms with van der Waals surface area (Å²) in [5.74, 6) is 0. The average Bonchev–Trinajstić information content (AvgIpc) is 2.35. The van der Waals surface area contributed by atoms with Crippen LogP contribution in [0.25, 0.3) is 0 Å². The molecule has 0 unspecified atom stereocenters. The van der Waals surface area contributed by atoms with Crippen LogP contribution in [0.2, 0.25) is 0 Å². The molecule has 0 aliphatic heterocycles.